The number of hydrogen-bond acceptors (Lipinski definition) is 3. The Balaban J connectivity index is 0.00000176. The van der Waals surface area contributed by atoms with E-state index >= 15 is 0 Å². The van der Waals surface area contributed by atoms with E-state index in [9.17, 15) is 0 Å². The number of nitrogens with zero attached hydrogens (tertiary/aromatic N) is 1. The lowest BCUT2D eigenvalue weighted by atomic mass is 9.88. The molecule has 1 aromatic rings. The Morgan fingerprint density at radius 1 is 1.14 bits per heavy atom. The highest BCUT2D eigenvalue weighted by atomic mass is 35.5. The van der Waals surface area contributed by atoms with Gasteiger partial charge in [-0.2, -0.15) is 0 Å². The van der Waals surface area contributed by atoms with Gasteiger partial charge in [-0.3, -0.25) is 0 Å². The molecular weight excluding hydrogens is 296 g/mol. The average molecular weight is 325 g/mol. The number of methoxy groups -OCH3 is 1. The molecule has 0 saturated carbocycles. The summed E-state index contributed by atoms with van der Waals surface area (Å²) in [5, 5.41) is 3.53. The Kier molecular flexibility index (Phi) is 7.00. The van der Waals surface area contributed by atoms with Crippen molar-refractivity contribution >= 4 is 12.4 Å². The number of benzene rings is 1. The number of nitrogens with one attached hydrogen (secondary N) is 1. The van der Waals surface area contributed by atoms with Crippen LogP contribution in [0.25, 0.3) is 0 Å². The number of rotatable bonds is 4. The first kappa shape index (κ1) is 17.6. The van der Waals surface area contributed by atoms with Gasteiger partial charge in [0.2, 0.25) is 0 Å². The molecule has 2 fully saturated rings. The van der Waals surface area contributed by atoms with E-state index in [1.54, 1.807) is 7.11 Å². The fraction of sp³-hybridized carbons (Fsp3) is 0.667. The third-order valence-electron chi connectivity index (χ3n) is 5.09. The van der Waals surface area contributed by atoms with Gasteiger partial charge < -0.3 is 15.0 Å². The minimum absolute atomic E-state index is 0. The predicted octanol–water partition coefficient (Wildman–Crippen LogP) is 3.30. The summed E-state index contributed by atoms with van der Waals surface area (Å²) in [6.45, 7) is 6.25. The van der Waals surface area contributed by atoms with Crippen molar-refractivity contribution in [3.8, 4) is 5.75 Å². The highest BCUT2D eigenvalue weighted by Crippen LogP contribution is 2.29. The molecule has 0 radical (unpaired) electrons. The Morgan fingerprint density at radius 3 is 2.45 bits per heavy atom. The van der Waals surface area contributed by atoms with Crippen molar-refractivity contribution in [2.24, 2.45) is 5.92 Å². The van der Waals surface area contributed by atoms with E-state index in [4.69, 9.17) is 4.74 Å². The molecule has 2 saturated heterocycles. The van der Waals surface area contributed by atoms with Gasteiger partial charge in [0.25, 0.3) is 0 Å². The van der Waals surface area contributed by atoms with Gasteiger partial charge in [0.05, 0.1) is 7.11 Å². The van der Waals surface area contributed by atoms with Crippen LogP contribution < -0.4 is 10.1 Å². The maximum absolute atomic E-state index is 5.24. The Bertz CT molecular complexity index is 423. The maximum Gasteiger partial charge on any atom is 0.118 e. The zero-order valence-electron chi connectivity index (χ0n) is 13.6. The van der Waals surface area contributed by atoms with E-state index in [-0.39, 0.29) is 12.4 Å². The molecular formula is C18H29ClN2O. The van der Waals surface area contributed by atoms with Crippen molar-refractivity contribution in [2.45, 2.75) is 31.6 Å². The van der Waals surface area contributed by atoms with E-state index in [0.29, 0.717) is 0 Å². The van der Waals surface area contributed by atoms with Crippen molar-refractivity contribution in [1.82, 2.24) is 10.2 Å². The lowest BCUT2D eigenvalue weighted by Gasteiger charge is -2.35. The molecule has 4 heteroatoms. The van der Waals surface area contributed by atoms with Crippen LogP contribution in [0.1, 0.15) is 37.2 Å². The van der Waals surface area contributed by atoms with E-state index in [1.807, 2.05) is 0 Å². The van der Waals surface area contributed by atoms with E-state index in [0.717, 1.165) is 17.6 Å². The molecule has 124 valence electrons. The van der Waals surface area contributed by atoms with Crippen LogP contribution in [-0.4, -0.2) is 44.7 Å². The second-order valence-corrected chi connectivity index (χ2v) is 6.56. The normalized spacial score (nSPS) is 23.8. The van der Waals surface area contributed by atoms with Gasteiger partial charge in [-0.05, 0) is 81.4 Å². The fourth-order valence-corrected chi connectivity index (χ4v) is 3.77. The minimum atomic E-state index is 0. The smallest absolute Gasteiger partial charge is 0.118 e. The number of hydrogen-bond donors (Lipinski definition) is 1. The SMILES string of the molecule is COc1ccc(C2CCN(CC3CCCNC3)CC2)cc1.Cl. The summed E-state index contributed by atoms with van der Waals surface area (Å²) < 4.78 is 5.24. The van der Waals surface area contributed by atoms with E-state index in [2.05, 4.69) is 34.5 Å². The highest BCUT2D eigenvalue weighted by Gasteiger charge is 2.23. The summed E-state index contributed by atoms with van der Waals surface area (Å²) in [7, 11) is 1.73. The van der Waals surface area contributed by atoms with Gasteiger partial charge in [0.1, 0.15) is 5.75 Å². The highest BCUT2D eigenvalue weighted by molar-refractivity contribution is 5.85. The van der Waals surface area contributed by atoms with Crippen molar-refractivity contribution < 1.29 is 4.74 Å². The van der Waals surface area contributed by atoms with Crippen molar-refractivity contribution in [2.75, 3.05) is 39.8 Å². The first-order valence-corrected chi connectivity index (χ1v) is 8.42. The average Bonchev–Trinajstić information content (AvgIpc) is 2.57. The van der Waals surface area contributed by atoms with Crippen LogP contribution in [0.15, 0.2) is 24.3 Å². The number of ether oxygens (including phenoxy) is 1. The largest absolute Gasteiger partial charge is 0.497 e. The van der Waals surface area contributed by atoms with Crippen LogP contribution >= 0.6 is 12.4 Å². The van der Waals surface area contributed by atoms with Gasteiger partial charge in [0, 0.05) is 6.54 Å². The molecule has 1 unspecified atom stereocenters. The summed E-state index contributed by atoms with van der Waals surface area (Å²) in [6, 6.07) is 8.67. The number of piperidine rings is 2. The quantitative estimate of drug-likeness (QED) is 0.919. The summed E-state index contributed by atoms with van der Waals surface area (Å²) in [4.78, 5) is 2.68. The standard InChI is InChI=1S/C18H28N2O.ClH/c1-21-18-6-4-16(5-7-18)17-8-11-20(12-9-17)14-15-3-2-10-19-13-15;/h4-7,15,17,19H,2-3,8-14H2,1H3;1H. The molecule has 0 aliphatic carbocycles. The Labute approximate surface area is 140 Å². The van der Waals surface area contributed by atoms with Gasteiger partial charge in [0.15, 0.2) is 0 Å². The summed E-state index contributed by atoms with van der Waals surface area (Å²) in [5.74, 6) is 2.56. The van der Waals surface area contributed by atoms with Crippen LogP contribution in [0.3, 0.4) is 0 Å². The summed E-state index contributed by atoms with van der Waals surface area (Å²) in [6.07, 6.45) is 5.36. The lowest BCUT2D eigenvalue weighted by Crippen LogP contribution is -2.41. The lowest BCUT2D eigenvalue weighted by molar-refractivity contribution is 0.169. The predicted molar refractivity (Wildman–Crippen MR) is 94.3 cm³/mol. The zero-order chi connectivity index (χ0) is 14.5. The molecule has 1 N–H and O–H groups in total. The molecule has 0 spiro atoms. The van der Waals surface area contributed by atoms with Crippen LogP contribution in [0.5, 0.6) is 5.75 Å². The van der Waals surface area contributed by atoms with E-state index < -0.39 is 0 Å². The van der Waals surface area contributed by atoms with Crippen molar-refractivity contribution in [3.63, 3.8) is 0 Å². The molecule has 3 rings (SSSR count). The third kappa shape index (κ3) is 4.61. The number of halogens is 1. The van der Waals surface area contributed by atoms with Gasteiger partial charge >= 0.3 is 0 Å². The molecule has 1 atom stereocenters. The molecule has 0 bridgehead atoms. The Morgan fingerprint density at radius 2 is 1.86 bits per heavy atom. The Hall–Kier alpha value is -0.770. The molecule has 3 nitrogen and oxygen atoms in total. The van der Waals surface area contributed by atoms with Crippen LogP contribution in [0.4, 0.5) is 0 Å². The second kappa shape index (κ2) is 8.76. The fourth-order valence-electron chi connectivity index (χ4n) is 3.77. The third-order valence-corrected chi connectivity index (χ3v) is 5.09. The minimum Gasteiger partial charge on any atom is -0.497 e. The van der Waals surface area contributed by atoms with Gasteiger partial charge in [-0.15, -0.1) is 12.4 Å². The topological polar surface area (TPSA) is 24.5 Å². The van der Waals surface area contributed by atoms with E-state index in [1.165, 1.54) is 64.0 Å². The van der Waals surface area contributed by atoms with Crippen molar-refractivity contribution in [3.05, 3.63) is 29.8 Å². The summed E-state index contributed by atoms with van der Waals surface area (Å²) in [5.41, 5.74) is 1.48. The van der Waals surface area contributed by atoms with Crippen molar-refractivity contribution in [1.29, 1.82) is 0 Å². The molecule has 0 amide bonds. The zero-order valence-corrected chi connectivity index (χ0v) is 14.4. The van der Waals surface area contributed by atoms with Crippen LogP contribution in [0, 0.1) is 5.92 Å². The molecule has 2 heterocycles. The second-order valence-electron chi connectivity index (χ2n) is 6.56. The van der Waals surface area contributed by atoms with Crippen LogP contribution in [0.2, 0.25) is 0 Å². The maximum atomic E-state index is 5.24. The molecule has 22 heavy (non-hydrogen) atoms. The molecule has 1 aromatic carbocycles. The molecule has 2 aliphatic heterocycles. The first-order valence-electron chi connectivity index (χ1n) is 8.42. The first-order chi connectivity index (χ1) is 10.3. The van der Waals surface area contributed by atoms with Gasteiger partial charge in [-0.25, -0.2) is 0 Å². The van der Waals surface area contributed by atoms with Crippen LogP contribution in [-0.2, 0) is 0 Å². The monoisotopic (exact) mass is 324 g/mol. The number of likely N-dealkylation sites (tertiary alicyclic amines) is 1. The summed E-state index contributed by atoms with van der Waals surface area (Å²) >= 11 is 0. The van der Waals surface area contributed by atoms with Gasteiger partial charge in [-0.1, -0.05) is 12.1 Å². The molecule has 0 aromatic heterocycles. The molecule has 2 aliphatic rings.